The summed E-state index contributed by atoms with van der Waals surface area (Å²) in [7, 11) is 0. The van der Waals surface area contributed by atoms with Gasteiger partial charge in [0.05, 0.1) is 29.3 Å². The number of hydrogen-bond donors (Lipinski definition) is 0. The fourth-order valence-electron chi connectivity index (χ4n) is 3.37. The normalized spacial score (nSPS) is 11.8. The fraction of sp³-hybridized carbons (Fsp3) is 0.333. The molecule has 0 aliphatic carbocycles. The van der Waals surface area contributed by atoms with Crippen LogP contribution in [0.3, 0.4) is 0 Å². The molecule has 0 saturated heterocycles. The molecule has 0 bridgehead atoms. The van der Waals surface area contributed by atoms with E-state index in [4.69, 9.17) is 16.6 Å². The minimum Gasteiger partial charge on any atom is -0.325 e. The molecule has 1 aromatic carbocycles. The predicted octanol–water partition coefficient (Wildman–Crippen LogP) is 4.20. The van der Waals surface area contributed by atoms with Crippen molar-refractivity contribution in [2.45, 2.75) is 40.3 Å². The first-order valence-corrected chi connectivity index (χ1v) is 9.78. The lowest BCUT2D eigenvalue weighted by molar-refractivity contribution is 0.507. The molecule has 0 aliphatic heterocycles. The zero-order valence-corrected chi connectivity index (χ0v) is 16.9. The van der Waals surface area contributed by atoms with Gasteiger partial charge in [-0.05, 0) is 49.1 Å². The monoisotopic (exact) mass is 395 g/mol. The summed E-state index contributed by atoms with van der Waals surface area (Å²) in [5, 5.41) is 0.412. The first-order valence-electron chi connectivity index (χ1n) is 9.40. The number of halogens is 1. The van der Waals surface area contributed by atoms with E-state index in [-0.39, 0.29) is 5.56 Å². The lowest BCUT2D eigenvalue weighted by atomic mass is 10.1. The molecule has 144 valence electrons. The van der Waals surface area contributed by atoms with E-state index in [1.54, 1.807) is 10.6 Å². The number of aromatic nitrogens is 5. The van der Waals surface area contributed by atoms with Crippen molar-refractivity contribution in [1.82, 2.24) is 24.1 Å². The van der Waals surface area contributed by atoms with Crippen LogP contribution in [0.2, 0.25) is 5.15 Å². The van der Waals surface area contributed by atoms with Gasteiger partial charge in [0.1, 0.15) is 11.0 Å². The third-order valence-corrected chi connectivity index (χ3v) is 5.10. The maximum Gasteiger partial charge on any atom is 0.269 e. The third-order valence-electron chi connectivity index (χ3n) is 4.89. The van der Waals surface area contributed by atoms with Crippen LogP contribution in [0.1, 0.15) is 31.7 Å². The molecule has 6 nitrogen and oxygen atoms in total. The van der Waals surface area contributed by atoms with Gasteiger partial charge in [-0.25, -0.2) is 15.0 Å². The Morgan fingerprint density at radius 2 is 1.86 bits per heavy atom. The van der Waals surface area contributed by atoms with Gasteiger partial charge in [-0.3, -0.25) is 9.36 Å². The lowest BCUT2D eigenvalue weighted by Crippen LogP contribution is -2.23. The van der Waals surface area contributed by atoms with Crippen LogP contribution in [0.4, 0.5) is 0 Å². The Hall–Kier alpha value is -2.73. The Balaban J connectivity index is 1.86. The molecule has 0 fully saturated rings. The Morgan fingerprint density at radius 3 is 2.64 bits per heavy atom. The zero-order chi connectivity index (χ0) is 19.8. The standard InChI is InChI=1S/C21H22ClN5O/c1-13(2)8-9-26-17-6-7-18(22)24-21(17)25-19(26)12-27-16-5-4-14(3)10-15(16)23-11-20(27)28/h4-7,10-11,13H,8-9,12H2,1-3H3. The molecule has 0 spiro atoms. The summed E-state index contributed by atoms with van der Waals surface area (Å²) >= 11 is 6.06. The van der Waals surface area contributed by atoms with Gasteiger partial charge in [-0.1, -0.05) is 31.5 Å². The molecule has 4 aromatic rings. The molecule has 3 aromatic heterocycles. The molecule has 0 unspecified atom stereocenters. The number of benzene rings is 1. The van der Waals surface area contributed by atoms with E-state index >= 15 is 0 Å². The van der Waals surface area contributed by atoms with E-state index in [0.717, 1.165) is 40.9 Å². The van der Waals surface area contributed by atoms with Gasteiger partial charge in [0, 0.05) is 6.54 Å². The number of rotatable bonds is 5. The second kappa shape index (κ2) is 7.36. The summed E-state index contributed by atoms with van der Waals surface area (Å²) in [5.74, 6) is 1.35. The molecule has 0 radical (unpaired) electrons. The van der Waals surface area contributed by atoms with Crippen molar-refractivity contribution < 1.29 is 0 Å². The van der Waals surface area contributed by atoms with Crippen LogP contribution in [-0.4, -0.2) is 24.1 Å². The molecular formula is C21H22ClN5O. The van der Waals surface area contributed by atoms with Crippen molar-refractivity contribution in [3.05, 3.63) is 63.4 Å². The number of pyridine rings is 1. The highest BCUT2D eigenvalue weighted by Crippen LogP contribution is 2.20. The summed E-state index contributed by atoms with van der Waals surface area (Å²) in [6.45, 7) is 7.56. The second-order valence-corrected chi connectivity index (χ2v) is 7.90. The van der Waals surface area contributed by atoms with E-state index in [1.807, 2.05) is 31.2 Å². The minimum atomic E-state index is -0.148. The number of fused-ring (bicyclic) bond motifs is 2. The molecule has 7 heteroatoms. The first-order chi connectivity index (χ1) is 13.4. The predicted molar refractivity (Wildman–Crippen MR) is 112 cm³/mol. The highest BCUT2D eigenvalue weighted by atomic mass is 35.5. The van der Waals surface area contributed by atoms with Crippen LogP contribution in [0.25, 0.3) is 22.2 Å². The van der Waals surface area contributed by atoms with E-state index in [2.05, 4.69) is 28.4 Å². The molecule has 3 heterocycles. The number of hydrogen-bond acceptors (Lipinski definition) is 4. The summed E-state index contributed by atoms with van der Waals surface area (Å²) in [6, 6.07) is 9.63. The molecule has 4 rings (SSSR count). The zero-order valence-electron chi connectivity index (χ0n) is 16.2. The summed E-state index contributed by atoms with van der Waals surface area (Å²) < 4.78 is 3.86. The molecule has 28 heavy (non-hydrogen) atoms. The van der Waals surface area contributed by atoms with Crippen LogP contribution >= 0.6 is 11.6 Å². The van der Waals surface area contributed by atoms with Gasteiger partial charge in [-0.2, -0.15) is 0 Å². The largest absolute Gasteiger partial charge is 0.325 e. The number of imidazole rings is 1. The highest BCUT2D eigenvalue weighted by molar-refractivity contribution is 6.29. The molecule has 0 atom stereocenters. The van der Waals surface area contributed by atoms with Crippen LogP contribution in [-0.2, 0) is 13.1 Å². The van der Waals surface area contributed by atoms with Crippen molar-refractivity contribution >= 4 is 33.8 Å². The maximum absolute atomic E-state index is 12.6. The van der Waals surface area contributed by atoms with Gasteiger partial charge in [-0.15, -0.1) is 0 Å². The van der Waals surface area contributed by atoms with Crippen molar-refractivity contribution in [2.24, 2.45) is 5.92 Å². The summed E-state index contributed by atoms with van der Waals surface area (Å²) in [6.07, 6.45) is 2.38. The topological polar surface area (TPSA) is 65.6 Å². The molecule has 0 amide bonds. The van der Waals surface area contributed by atoms with E-state index in [1.165, 1.54) is 6.20 Å². The summed E-state index contributed by atoms with van der Waals surface area (Å²) in [5.41, 5.74) is 4.09. The van der Waals surface area contributed by atoms with Crippen molar-refractivity contribution in [3.63, 3.8) is 0 Å². The maximum atomic E-state index is 12.6. The van der Waals surface area contributed by atoms with Crippen LogP contribution < -0.4 is 5.56 Å². The van der Waals surface area contributed by atoms with Gasteiger partial charge >= 0.3 is 0 Å². The average Bonchev–Trinajstić information content (AvgIpc) is 2.98. The van der Waals surface area contributed by atoms with Crippen LogP contribution in [0, 0.1) is 12.8 Å². The smallest absolute Gasteiger partial charge is 0.269 e. The van der Waals surface area contributed by atoms with Crippen molar-refractivity contribution in [1.29, 1.82) is 0 Å². The molecular weight excluding hydrogens is 374 g/mol. The third kappa shape index (κ3) is 3.52. The van der Waals surface area contributed by atoms with E-state index < -0.39 is 0 Å². The molecule has 0 saturated carbocycles. The van der Waals surface area contributed by atoms with Gasteiger partial charge in [0.2, 0.25) is 0 Å². The highest BCUT2D eigenvalue weighted by Gasteiger charge is 2.15. The Labute approximate surface area is 167 Å². The summed E-state index contributed by atoms with van der Waals surface area (Å²) in [4.78, 5) is 25.9. The van der Waals surface area contributed by atoms with E-state index in [9.17, 15) is 4.79 Å². The van der Waals surface area contributed by atoms with Gasteiger partial charge in [0.15, 0.2) is 5.65 Å². The second-order valence-electron chi connectivity index (χ2n) is 7.51. The number of nitrogens with zero attached hydrogens (tertiary/aromatic N) is 5. The average molecular weight is 396 g/mol. The van der Waals surface area contributed by atoms with E-state index in [0.29, 0.717) is 23.3 Å². The Bertz CT molecular complexity index is 1220. The molecule has 0 aliphatic rings. The quantitative estimate of drug-likeness (QED) is 0.475. The lowest BCUT2D eigenvalue weighted by Gasteiger charge is -2.13. The van der Waals surface area contributed by atoms with Gasteiger partial charge in [0.25, 0.3) is 5.56 Å². The Kier molecular flexibility index (Phi) is 4.89. The molecule has 0 N–H and O–H groups in total. The fourth-order valence-corrected chi connectivity index (χ4v) is 3.52. The SMILES string of the molecule is Cc1ccc2c(c1)ncc(=O)n2Cc1nc2nc(Cl)ccc2n1CCC(C)C. The van der Waals surface area contributed by atoms with Crippen molar-refractivity contribution in [2.75, 3.05) is 0 Å². The first kappa shape index (κ1) is 18.6. The van der Waals surface area contributed by atoms with Crippen LogP contribution in [0.5, 0.6) is 0 Å². The minimum absolute atomic E-state index is 0.148. The Morgan fingerprint density at radius 1 is 1.07 bits per heavy atom. The number of aryl methyl sites for hydroxylation is 2. The van der Waals surface area contributed by atoms with Crippen LogP contribution in [0.15, 0.2) is 41.3 Å². The van der Waals surface area contributed by atoms with Crippen molar-refractivity contribution in [3.8, 4) is 0 Å². The van der Waals surface area contributed by atoms with Gasteiger partial charge < -0.3 is 4.57 Å².